The smallest absolute Gasteiger partial charge is 0.335 e. The molecule has 0 aliphatic heterocycles. The van der Waals surface area contributed by atoms with Crippen LogP contribution >= 0.6 is 0 Å². The van der Waals surface area contributed by atoms with Crippen LogP contribution in [-0.4, -0.2) is 28.4 Å². The van der Waals surface area contributed by atoms with Crippen LogP contribution in [0.25, 0.3) is 0 Å². The second kappa shape index (κ2) is 14.2. The molecule has 0 atom stereocenters. The molecule has 7 nitrogen and oxygen atoms in total. The fourth-order valence-electron chi connectivity index (χ4n) is 3.71. The van der Waals surface area contributed by atoms with Gasteiger partial charge in [0.2, 0.25) is 0 Å². The lowest BCUT2D eigenvalue weighted by atomic mass is 10.1. The van der Waals surface area contributed by atoms with Crippen molar-refractivity contribution in [3.8, 4) is 23.0 Å². The van der Waals surface area contributed by atoms with Gasteiger partial charge in [-0.1, -0.05) is 24.3 Å². The summed E-state index contributed by atoms with van der Waals surface area (Å²) in [4.78, 5) is 44.1. The van der Waals surface area contributed by atoms with E-state index in [0.717, 1.165) is 11.1 Å². The Morgan fingerprint density at radius 2 is 0.950 bits per heavy atom. The molecule has 7 heteroatoms. The van der Waals surface area contributed by atoms with Gasteiger partial charge >= 0.3 is 5.97 Å². The molecule has 0 saturated heterocycles. The summed E-state index contributed by atoms with van der Waals surface area (Å²) in [6.45, 7) is 4.63. The fourth-order valence-corrected chi connectivity index (χ4v) is 3.71. The lowest BCUT2D eigenvalue weighted by Crippen LogP contribution is -1.97. The molecule has 1 N–H and O–H groups in total. The SMILES string of the molecule is CC(=O)Cc1cccc(Oc2ccc(C(=O)O)cc2)c1.CC(=O)Cc1cccc(Oc2ccc(C(C)=O)cc2)c1. The van der Waals surface area contributed by atoms with Gasteiger partial charge in [-0.2, -0.15) is 0 Å². The van der Waals surface area contributed by atoms with Crippen LogP contribution in [0.5, 0.6) is 23.0 Å². The highest BCUT2D eigenvalue weighted by Crippen LogP contribution is 2.24. The molecule has 0 bridgehead atoms. The number of hydrogen-bond donors (Lipinski definition) is 1. The number of aromatic carboxylic acids is 1. The number of hydrogen-bond acceptors (Lipinski definition) is 6. The zero-order valence-corrected chi connectivity index (χ0v) is 22.5. The summed E-state index contributed by atoms with van der Waals surface area (Å²) >= 11 is 0. The second-order valence-electron chi connectivity index (χ2n) is 9.17. The van der Waals surface area contributed by atoms with Crippen molar-refractivity contribution in [1.82, 2.24) is 0 Å². The molecule has 4 aromatic rings. The highest BCUT2D eigenvalue weighted by molar-refractivity contribution is 5.94. The summed E-state index contributed by atoms with van der Waals surface area (Å²) in [5.74, 6) is 1.78. The minimum atomic E-state index is -0.972. The van der Waals surface area contributed by atoms with Crippen LogP contribution in [0, 0.1) is 0 Å². The molecule has 204 valence electrons. The molecule has 0 saturated carbocycles. The predicted octanol–water partition coefficient (Wildman–Crippen LogP) is 7.12. The van der Waals surface area contributed by atoms with Crippen LogP contribution in [0.15, 0.2) is 97.1 Å². The Hall–Kier alpha value is -5.04. The summed E-state index contributed by atoms with van der Waals surface area (Å²) < 4.78 is 11.3. The first-order valence-electron chi connectivity index (χ1n) is 12.6. The molecule has 0 aliphatic rings. The lowest BCUT2D eigenvalue weighted by Gasteiger charge is -2.07. The molecule has 0 radical (unpaired) electrons. The number of carboxylic acid groups (broad SMARTS) is 1. The molecular formula is C33H30O7. The molecular weight excluding hydrogens is 508 g/mol. The Kier molecular flexibility index (Phi) is 10.5. The van der Waals surface area contributed by atoms with Gasteiger partial charge in [0, 0.05) is 18.4 Å². The maximum Gasteiger partial charge on any atom is 0.335 e. The Morgan fingerprint density at radius 1 is 0.550 bits per heavy atom. The summed E-state index contributed by atoms with van der Waals surface area (Å²) in [5.41, 5.74) is 2.68. The average molecular weight is 539 g/mol. The summed E-state index contributed by atoms with van der Waals surface area (Å²) in [7, 11) is 0. The zero-order valence-electron chi connectivity index (χ0n) is 22.5. The second-order valence-corrected chi connectivity index (χ2v) is 9.17. The summed E-state index contributed by atoms with van der Waals surface area (Å²) in [6.07, 6.45) is 0.773. The third-order valence-electron chi connectivity index (χ3n) is 5.54. The van der Waals surface area contributed by atoms with Crippen LogP contribution < -0.4 is 9.47 Å². The van der Waals surface area contributed by atoms with Crippen molar-refractivity contribution in [2.75, 3.05) is 0 Å². The first kappa shape index (κ1) is 29.5. The topological polar surface area (TPSA) is 107 Å². The van der Waals surface area contributed by atoms with E-state index in [-0.39, 0.29) is 22.9 Å². The first-order chi connectivity index (χ1) is 19.1. The summed E-state index contributed by atoms with van der Waals surface area (Å²) in [5, 5.41) is 8.81. The Bertz CT molecular complexity index is 1370. The third kappa shape index (κ3) is 9.68. The number of ether oxygens (including phenoxy) is 2. The number of benzene rings is 4. The van der Waals surface area contributed by atoms with E-state index in [1.54, 1.807) is 55.5 Å². The minimum Gasteiger partial charge on any atom is -0.478 e. The van der Waals surface area contributed by atoms with Crippen LogP contribution in [0.2, 0.25) is 0 Å². The predicted molar refractivity (Wildman–Crippen MR) is 152 cm³/mol. The van der Waals surface area contributed by atoms with Crippen molar-refractivity contribution in [2.45, 2.75) is 33.6 Å². The van der Waals surface area contributed by atoms with E-state index in [4.69, 9.17) is 14.6 Å². The van der Waals surface area contributed by atoms with Crippen LogP contribution in [-0.2, 0) is 22.4 Å². The van der Waals surface area contributed by atoms with E-state index in [0.29, 0.717) is 41.4 Å². The van der Waals surface area contributed by atoms with E-state index in [1.165, 1.54) is 26.0 Å². The molecule has 0 heterocycles. The zero-order chi connectivity index (χ0) is 29.1. The molecule has 0 unspecified atom stereocenters. The van der Waals surface area contributed by atoms with Gasteiger partial charge in [-0.15, -0.1) is 0 Å². The summed E-state index contributed by atoms with van der Waals surface area (Å²) in [6, 6.07) is 27.9. The van der Waals surface area contributed by atoms with E-state index in [9.17, 15) is 19.2 Å². The van der Waals surface area contributed by atoms with E-state index >= 15 is 0 Å². The number of rotatable bonds is 10. The maximum absolute atomic E-state index is 11.2. The van der Waals surface area contributed by atoms with E-state index < -0.39 is 5.97 Å². The molecule has 4 rings (SSSR count). The Balaban J connectivity index is 0.000000220. The fraction of sp³-hybridized carbons (Fsp3) is 0.152. The number of carbonyl (C=O) groups is 4. The van der Waals surface area contributed by atoms with Gasteiger partial charge in [0.05, 0.1) is 5.56 Å². The monoisotopic (exact) mass is 538 g/mol. The average Bonchev–Trinajstić information content (AvgIpc) is 2.89. The van der Waals surface area contributed by atoms with Crippen molar-refractivity contribution >= 4 is 23.3 Å². The molecule has 0 aliphatic carbocycles. The van der Waals surface area contributed by atoms with Crippen molar-refractivity contribution in [3.05, 3.63) is 119 Å². The van der Waals surface area contributed by atoms with E-state index in [2.05, 4.69) is 0 Å². The van der Waals surface area contributed by atoms with Gasteiger partial charge in [0.15, 0.2) is 5.78 Å². The first-order valence-corrected chi connectivity index (χ1v) is 12.6. The van der Waals surface area contributed by atoms with Gasteiger partial charge in [-0.05, 0) is 105 Å². The van der Waals surface area contributed by atoms with Gasteiger partial charge in [-0.25, -0.2) is 4.79 Å². The molecule has 0 spiro atoms. The van der Waals surface area contributed by atoms with Crippen LogP contribution in [0.3, 0.4) is 0 Å². The number of carboxylic acids is 1. The molecule has 0 fully saturated rings. The van der Waals surface area contributed by atoms with Gasteiger partial charge in [0.25, 0.3) is 0 Å². The van der Waals surface area contributed by atoms with Crippen LogP contribution in [0.1, 0.15) is 52.6 Å². The van der Waals surface area contributed by atoms with Gasteiger partial charge < -0.3 is 14.6 Å². The highest BCUT2D eigenvalue weighted by Gasteiger charge is 2.05. The minimum absolute atomic E-state index is 0.0278. The van der Waals surface area contributed by atoms with Crippen molar-refractivity contribution in [3.63, 3.8) is 0 Å². The molecule has 40 heavy (non-hydrogen) atoms. The third-order valence-corrected chi connectivity index (χ3v) is 5.54. The van der Waals surface area contributed by atoms with Gasteiger partial charge in [0.1, 0.15) is 34.6 Å². The Labute approximate surface area is 233 Å². The molecule has 0 amide bonds. The quantitative estimate of drug-likeness (QED) is 0.214. The maximum atomic E-state index is 11.2. The largest absolute Gasteiger partial charge is 0.478 e. The number of carbonyl (C=O) groups excluding carboxylic acids is 3. The molecule has 4 aromatic carbocycles. The van der Waals surface area contributed by atoms with Crippen molar-refractivity contribution in [2.24, 2.45) is 0 Å². The molecule has 0 aromatic heterocycles. The lowest BCUT2D eigenvalue weighted by molar-refractivity contribution is -0.117. The Morgan fingerprint density at radius 3 is 1.30 bits per heavy atom. The van der Waals surface area contributed by atoms with Gasteiger partial charge in [-0.3, -0.25) is 14.4 Å². The van der Waals surface area contributed by atoms with Crippen molar-refractivity contribution < 1.29 is 33.8 Å². The number of Topliss-reactive ketones (excluding diaryl/α,β-unsaturated/α-hetero) is 3. The number of ketones is 3. The highest BCUT2D eigenvalue weighted by atomic mass is 16.5. The normalized spacial score (nSPS) is 10.1. The standard InChI is InChI=1S/C17H16O3.C16H14O4/c1-12(18)10-14-4-3-5-17(11-14)20-16-8-6-15(7-9-16)13(2)19;1-11(17)9-12-3-2-4-15(10-12)20-14-7-5-13(6-8-14)16(18)19/h3-9,11H,10H2,1-2H3;2-8,10H,9H2,1H3,(H,18,19). The van der Waals surface area contributed by atoms with Crippen molar-refractivity contribution in [1.29, 1.82) is 0 Å². The van der Waals surface area contributed by atoms with Crippen LogP contribution in [0.4, 0.5) is 0 Å². The van der Waals surface area contributed by atoms with E-state index in [1.807, 2.05) is 36.4 Å².